The van der Waals surface area contributed by atoms with Gasteiger partial charge in [0.2, 0.25) is 0 Å². The van der Waals surface area contributed by atoms with Gasteiger partial charge in [-0.2, -0.15) is 10.2 Å². The average Bonchev–Trinajstić information content (AvgIpc) is 3.70. The Kier molecular flexibility index (Phi) is 8.33. The van der Waals surface area contributed by atoms with Crippen LogP contribution in [0.1, 0.15) is 39.1 Å². The Hall–Kier alpha value is -5.32. The van der Waals surface area contributed by atoms with Gasteiger partial charge >= 0.3 is 0 Å². The number of furan rings is 1. The van der Waals surface area contributed by atoms with Crippen LogP contribution < -0.4 is 30.3 Å². The normalized spacial score (nSPS) is 12.4. The maximum absolute atomic E-state index is 6.39. The molecular weight excluding hydrogens is 544 g/mol. The second-order valence-electron chi connectivity index (χ2n) is 10.8. The van der Waals surface area contributed by atoms with Crippen molar-refractivity contribution in [3.05, 3.63) is 84.4 Å². The molecule has 3 heterocycles. The quantitative estimate of drug-likeness (QED) is 0.108. The third kappa shape index (κ3) is 6.95. The van der Waals surface area contributed by atoms with Crippen molar-refractivity contribution in [1.29, 1.82) is 0 Å². The zero-order chi connectivity index (χ0) is 30.7. The Balaban J connectivity index is 1.48. The smallest absolute Gasteiger partial charge is 0.195 e. The summed E-state index contributed by atoms with van der Waals surface area (Å²) in [7, 11) is 3.78. The molecule has 0 saturated heterocycles. The van der Waals surface area contributed by atoms with E-state index in [-0.39, 0.29) is 12.2 Å². The van der Waals surface area contributed by atoms with Crippen LogP contribution in [0.25, 0.3) is 22.6 Å². The largest absolute Gasteiger partial charge is 0.490 e. The SMILES string of the molecule is CC(C)Oc1cc(N=C(N)c2cc[n+](C)[nH]2)ccc1-c1ccc(-c2ccc(N=C(N)c3cc[n+](C)[nH]3)cc2OC(C)C)o1. The molecule has 6 N–H and O–H groups in total. The second-order valence-corrected chi connectivity index (χ2v) is 10.8. The zero-order valence-corrected chi connectivity index (χ0v) is 25.3. The molecule has 43 heavy (non-hydrogen) atoms. The lowest BCUT2D eigenvalue weighted by atomic mass is 10.1. The van der Waals surface area contributed by atoms with Crippen molar-refractivity contribution in [2.24, 2.45) is 35.5 Å². The van der Waals surface area contributed by atoms with Gasteiger partial charge in [0.05, 0.1) is 34.7 Å². The number of H-pyrrole nitrogens is 2. The highest BCUT2D eigenvalue weighted by atomic mass is 16.5. The van der Waals surface area contributed by atoms with Crippen molar-refractivity contribution >= 4 is 23.0 Å². The molecule has 0 spiro atoms. The van der Waals surface area contributed by atoms with E-state index >= 15 is 0 Å². The maximum Gasteiger partial charge on any atom is 0.195 e. The number of benzene rings is 2. The number of nitrogens with zero attached hydrogens (tertiary/aromatic N) is 4. The van der Waals surface area contributed by atoms with E-state index in [2.05, 4.69) is 20.2 Å². The monoisotopic (exact) mass is 582 g/mol. The molecule has 0 amide bonds. The molecule has 0 saturated carbocycles. The summed E-state index contributed by atoms with van der Waals surface area (Å²) in [5.41, 5.74) is 16.9. The van der Waals surface area contributed by atoms with Crippen molar-refractivity contribution < 1.29 is 23.3 Å². The number of ether oxygens (including phenoxy) is 2. The minimum atomic E-state index is -0.0627. The highest BCUT2D eigenvalue weighted by Crippen LogP contribution is 2.40. The predicted octanol–water partition coefficient (Wildman–Crippen LogP) is 4.57. The van der Waals surface area contributed by atoms with Gasteiger partial charge in [-0.15, -0.1) is 9.36 Å². The Labute approximate surface area is 250 Å². The predicted molar refractivity (Wildman–Crippen MR) is 166 cm³/mol. The molecule has 0 bridgehead atoms. The fraction of sp³-hybridized carbons (Fsp3) is 0.250. The average molecular weight is 583 g/mol. The van der Waals surface area contributed by atoms with Crippen molar-refractivity contribution in [2.45, 2.75) is 39.9 Å². The van der Waals surface area contributed by atoms with Crippen molar-refractivity contribution in [3.63, 3.8) is 0 Å². The van der Waals surface area contributed by atoms with Crippen LogP contribution in [-0.4, -0.2) is 34.1 Å². The lowest BCUT2D eigenvalue weighted by molar-refractivity contribution is -0.726. The third-order valence-corrected chi connectivity index (χ3v) is 6.37. The number of amidine groups is 2. The first-order chi connectivity index (χ1) is 20.5. The van der Waals surface area contributed by atoms with Crippen LogP contribution in [0.15, 0.2) is 87.5 Å². The molecule has 0 atom stereocenters. The zero-order valence-electron chi connectivity index (χ0n) is 25.3. The van der Waals surface area contributed by atoms with Crippen LogP contribution in [0.5, 0.6) is 11.5 Å². The number of aliphatic imine (C=N–C) groups is 2. The van der Waals surface area contributed by atoms with Gasteiger partial charge in [0, 0.05) is 24.3 Å². The van der Waals surface area contributed by atoms with E-state index in [1.165, 1.54) is 0 Å². The highest BCUT2D eigenvalue weighted by Gasteiger charge is 2.18. The van der Waals surface area contributed by atoms with E-state index in [4.69, 9.17) is 25.4 Å². The van der Waals surface area contributed by atoms with Gasteiger partial charge in [0.1, 0.15) is 34.4 Å². The number of aromatic nitrogens is 4. The molecule has 2 aromatic carbocycles. The molecule has 11 nitrogen and oxygen atoms in total. The van der Waals surface area contributed by atoms with Crippen LogP contribution in [0.4, 0.5) is 11.4 Å². The van der Waals surface area contributed by atoms with E-state index in [9.17, 15) is 0 Å². The molecule has 0 aliphatic carbocycles. The fourth-order valence-electron chi connectivity index (χ4n) is 4.48. The fourth-order valence-corrected chi connectivity index (χ4v) is 4.48. The summed E-state index contributed by atoms with van der Waals surface area (Å²) in [5.74, 6) is 3.31. The van der Waals surface area contributed by atoms with E-state index in [1.54, 1.807) is 9.36 Å². The number of nitrogens with two attached hydrogens (primary N) is 2. The summed E-state index contributed by atoms with van der Waals surface area (Å²) in [6.45, 7) is 7.90. The first-order valence-corrected chi connectivity index (χ1v) is 14.1. The van der Waals surface area contributed by atoms with Crippen molar-refractivity contribution in [1.82, 2.24) is 10.2 Å². The Bertz CT molecular complexity index is 1660. The third-order valence-electron chi connectivity index (χ3n) is 6.37. The van der Waals surface area contributed by atoms with Crippen LogP contribution in [0, 0.1) is 0 Å². The Morgan fingerprint density at radius 3 is 1.44 bits per heavy atom. The lowest BCUT2D eigenvalue weighted by Crippen LogP contribution is -2.30. The van der Waals surface area contributed by atoms with Gasteiger partial charge in [-0.3, -0.25) is 0 Å². The number of hydrogen-bond donors (Lipinski definition) is 4. The van der Waals surface area contributed by atoms with E-state index in [1.807, 2.05) is 115 Å². The standard InChI is InChI=1S/C32H36N8O3/c1-19(2)41-29-17-21(35-31(33)25-13-15-39(5)37-25)7-9-23(29)27-11-12-28(43-27)24-10-8-22(18-30(24)42-20(3)4)36-32(34)26-14-16-40(6)38-26/h7-20H,1-6H3,(H4,33,34,35,36,37,38)/p+2. The molecule has 222 valence electrons. The summed E-state index contributed by atoms with van der Waals surface area (Å²) in [6.07, 6.45) is 3.62. The van der Waals surface area contributed by atoms with Gasteiger partial charge in [-0.1, -0.05) is 0 Å². The summed E-state index contributed by atoms with van der Waals surface area (Å²) in [5, 5.41) is 6.25. The molecule has 5 rings (SSSR count). The molecular formula is C32H38N8O3+2. The van der Waals surface area contributed by atoms with E-state index in [0.717, 1.165) is 22.5 Å². The first-order valence-electron chi connectivity index (χ1n) is 14.1. The number of rotatable bonds is 10. The van der Waals surface area contributed by atoms with Gasteiger partial charge in [0.15, 0.2) is 38.2 Å². The number of hydrogen-bond acceptors (Lipinski definition) is 5. The van der Waals surface area contributed by atoms with E-state index in [0.29, 0.717) is 46.1 Å². The summed E-state index contributed by atoms with van der Waals surface area (Å²) in [4.78, 5) is 9.17. The second kappa shape index (κ2) is 12.3. The minimum Gasteiger partial charge on any atom is -0.490 e. The molecule has 0 aliphatic heterocycles. The molecule has 0 aliphatic rings. The topological polar surface area (TPSA) is 148 Å². The molecule has 0 unspecified atom stereocenters. The molecule has 3 aromatic heterocycles. The van der Waals surface area contributed by atoms with Gasteiger partial charge in [-0.05, 0) is 64.1 Å². The Morgan fingerprint density at radius 2 is 1.09 bits per heavy atom. The van der Waals surface area contributed by atoms with E-state index < -0.39 is 0 Å². The summed E-state index contributed by atoms with van der Waals surface area (Å²) < 4.78 is 22.4. The number of nitrogens with one attached hydrogen (secondary N) is 2. The number of aryl methyl sites for hydroxylation is 2. The maximum atomic E-state index is 6.39. The molecule has 5 aromatic rings. The van der Waals surface area contributed by atoms with Crippen molar-refractivity contribution in [2.75, 3.05) is 0 Å². The minimum absolute atomic E-state index is 0.0627. The lowest BCUT2D eigenvalue weighted by Gasteiger charge is -2.15. The summed E-state index contributed by atoms with van der Waals surface area (Å²) in [6, 6.07) is 18.9. The van der Waals surface area contributed by atoms with Gasteiger partial charge < -0.3 is 25.4 Å². The first kappa shape index (κ1) is 29.2. The van der Waals surface area contributed by atoms with Crippen molar-refractivity contribution in [3.8, 4) is 34.1 Å². The van der Waals surface area contributed by atoms with Crippen LogP contribution in [0.3, 0.4) is 0 Å². The van der Waals surface area contributed by atoms with Gasteiger partial charge in [0.25, 0.3) is 0 Å². The Morgan fingerprint density at radius 1 is 0.674 bits per heavy atom. The summed E-state index contributed by atoms with van der Waals surface area (Å²) >= 11 is 0. The molecule has 0 fully saturated rings. The van der Waals surface area contributed by atoms with Crippen LogP contribution >= 0.6 is 0 Å². The molecule has 0 radical (unpaired) electrons. The number of aromatic amines is 2. The molecule has 11 heteroatoms. The van der Waals surface area contributed by atoms with Crippen LogP contribution in [-0.2, 0) is 14.1 Å². The highest BCUT2D eigenvalue weighted by molar-refractivity contribution is 5.97. The van der Waals surface area contributed by atoms with Crippen LogP contribution in [0.2, 0.25) is 0 Å². The van der Waals surface area contributed by atoms with Gasteiger partial charge in [-0.25, -0.2) is 9.98 Å².